The van der Waals surface area contributed by atoms with Crippen LogP contribution in [0.25, 0.3) is 0 Å². The van der Waals surface area contributed by atoms with Crippen LogP contribution < -0.4 is 20.3 Å². The van der Waals surface area contributed by atoms with Crippen molar-refractivity contribution in [1.82, 2.24) is 10.9 Å². The lowest BCUT2D eigenvalue weighted by Gasteiger charge is -2.12. The number of hydrogen-bond donors (Lipinski definition) is 2. The van der Waals surface area contributed by atoms with Crippen molar-refractivity contribution in [3.8, 4) is 11.5 Å². The molecule has 0 unspecified atom stereocenters. The van der Waals surface area contributed by atoms with E-state index in [4.69, 9.17) is 9.47 Å². The van der Waals surface area contributed by atoms with Crippen molar-refractivity contribution in [2.24, 2.45) is 5.92 Å². The standard InChI is InChI=1S/C23H30N2O4/c1-5-17(4)18-6-10-21(11-7-18)29-15-22(26)24-25-23(27)19-8-12-20(13-9-19)28-14-16(2)3/h6-13,16-17H,5,14-15H2,1-4H3,(H,24,26)(H,25,27)/t17-/m1/s1. The first kappa shape index (κ1) is 22.3. The van der Waals surface area contributed by atoms with Crippen LogP contribution in [0.4, 0.5) is 0 Å². The number of hydrazine groups is 1. The molecule has 29 heavy (non-hydrogen) atoms. The lowest BCUT2D eigenvalue weighted by atomic mass is 9.99. The van der Waals surface area contributed by atoms with Gasteiger partial charge in [0.25, 0.3) is 11.8 Å². The predicted octanol–water partition coefficient (Wildman–Crippen LogP) is 4.07. The molecule has 2 aromatic carbocycles. The van der Waals surface area contributed by atoms with Crippen LogP contribution in [-0.2, 0) is 4.79 Å². The molecule has 1 atom stereocenters. The fraction of sp³-hybridized carbons (Fsp3) is 0.391. The van der Waals surface area contributed by atoms with Crippen LogP contribution in [0.15, 0.2) is 48.5 Å². The van der Waals surface area contributed by atoms with E-state index in [1.54, 1.807) is 24.3 Å². The molecule has 156 valence electrons. The van der Waals surface area contributed by atoms with Crippen LogP contribution in [0, 0.1) is 5.92 Å². The van der Waals surface area contributed by atoms with Gasteiger partial charge < -0.3 is 9.47 Å². The van der Waals surface area contributed by atoms with Gasteiger partial charge in [-0.15, -0.1) is 0 Å². The zero-order valence-electron chi connectivity index (χ0n) is 17.5. The summed E-state index contributed by atoms with van der Waals surface area (Å²) in [6, 6.07) is 14.4. The number of nitrogens with one attached hydrogen (secondary N) is 2. The first-order chi connectivity index (χ1) is 13.9. The van der Waals surface area contributed by atoms with Gasteiger partial charge in [-0.1, -0.05) is 39.8 Å². The molecule has 6 nitrogen and oxygen atoms in total. The van der Waals surface area contributed by atoms with E-state index in [0.717, 1.165) is 6.42 Å². The van der Waals surface area contributed by atoms with E-state index in [1.165, 1.54) is 5.56 Å². The monoisotopic (exact) mass is 398 g/mol. The number of amides is 2. The maximum absolute atomic E-state index is 12.1. The summed E-state index contributed by atoms with van der Waals surface area (Å²) >= 11 is 0. The van der Waals surface area contributed by atoms with Gasteiger partial charge in [-0.25, -0.2) is 0 Å². The average molecular weight is 399 g/mol. The Bertz CT molecular complexity index is 786. The highest BCUT2D eigenvalue weighted by molar-refractivity contribution is 5.95. The average Bonchev–Trinajstić information content (AvgIpc) is 2.74. The number of hydrogen-bond acceptors (Lipinski definition) is 4. The zero-order valence-corrected chi connectivity index (χ0v) is 17.5. The van der Waals surface area contributed by atoms with Gasteiger partial charge in [0.05, 0.1) is 6.61 Å². The number of rotatable bonds is 9. The second-order valence-corrected chi connectivity index (χ2v) is 7.40. The van der Waals surface area contributed by atoms with Gasteiger partial charge in [-0.2, -0.15) is 0 Å². The van der Waals surface area contributed by atoms with E-state index in [0.29, 0.717) is 35.5 Å². The van der Waals surface area contributed by atoms with E-state index >= 15 is 0 Å². The molecule has 0 aromatic heterocycles. The maximum Gasteiger partial charge on any atom is 0.276 e. The van der Waals surface area contributed by atoms with Crippen molar-refractivity contribution in [3.05, 3.63) is 59.7 Å². The smallest absolute Gasteiger partial charge is 0.276 e. The highest BCUT2D eigenvalue weighted by Gasteiger charge is 2.09. The largest absolute Gasteiger partial charge is 0.493 e. The summed E-state index contributed by atoms with van der Waals surface area (Å²) in [4.78, 5) is 24.0. The Labute approximate surface area is 172 Å². The summed E-state index contributed by atoms with van der Waals surface area (Å²) in [5.41, 5.74) is 6.38. The van der Waals surface area contributed by atoms with Gasteiger partial charge in [-0.05, 0) is 60.2 Å². The molecule has 2 rings (SSSR count). The Hall–Kier alpha value is -3.02. The Kier molecular flexibility index (Phi) is 8.52. The van der Waals surface area contributed by atoms with Gasteiger partial charge in [0.1, 0.15) is 11.5 Å². The number of carbonyl (C=O) groups excluding carboxylic acids is 2. The van der Waals surface area contributed by atoms with Gasteiger partial charge in [0.15, 0.2) is 6.61 Å². The summed E-state index contributed by atoms with van der Waals surface area (Å²) in [6.07, 6.45) is 1.07. The number of carbonyl (C=O) groups is 2. The fourth-order valence-electron chi connectivity index (χ4n) is 2.48. The first-order valence-electron chi connectivity index (χ1n) is 9.93. The molecule has 0 fully saturated rings. The van der Waals surface area contributed by atoms with Crippen molar-refractivity contribution < 1.29 is 19.1 Å². The first-order valence-corrected chi connectivity index (χ1v) is 9.93. The molecule has 0 saturated carbocycles. The molecule has 0 spiro atoms. The van der Waals surface area contributed by atoms with Crippen molar-refractivity contribution in [3.63, 3.8) is 0 Å². The Morgan fingerprint density at radius 3 is 2.03 bits per heavy atom. The summed E-state index contributed by atoms with van der Waals surface area (Å²) < 4.78 is 11.0. The lowest BCUT2D eigenvalue weighted by Crippen LogP contribution is -2.43. The van der Waals surface area contributed by atoms with Crippen LogP contribution in [-0.4, -0.2) is 25.0 Å². The van der Waals surface area contributed by atoms with E-state index < -0.39 is 11.8 Å². The molecular formula is C23H30N2O4. The van der Waals surface area contributed by atoms with Crippen LogP contribution in [0.1, 0.15) is 56.0 Å². The quantitative estimate of drug-likeness (QED) is 0.624. The molecule has 0 saturated heterocycles. The molecule has 0 radical (unpaired) electrons. The second kappa shape index (κ2) is 11.1. The Balaban J connectivity index is 1.74. The highest BCUT2D eigenvalue weighted by atomic mass is 16.5. The lowest BCUT2D eigenvalue weighted by molar-refractivity contribution is -0.123. The predicted molar refractivity (Wildman–Crippen MR) is 113 cm³/mol. The minimum absolute atomic E-state index is 0.190. The molecule has 0 bridgehead atoms. The van der Waals surface area contributed by atoms with Crippen molar-refractivity contribution in [2.75, 3.05) is 13.2 Å². The summed E-state index contributed by atoms with van der Waals surface area (Å²) in [6.45, 7) is 8.86. The second-order valence-electron chi connectivity index (χ2n) is 7.40. The van der Waals surface area contributed by atoms with Crippen LogP contribution >= 0.6 is 0 Å². The molecule has 2 N–H and O–H groups in total. The van der Waals surface area contributed by atoms with Crippen LogP contribution in [0.3, 0.4) is 0 Å². The Morgan fingerprint density at radius 2 is 1.45 bits per heavy atom. The third-order valence-electron chi connectivity index (χ3n) is 4.45. The molecule has 2 aromatic rings. The number of benzene rings is 2. The molecule has 2 amide bonds. The van der Waals surface area contributed by atoms with Gasteiger partial charge in [-0.3, -0.25) is 20.4 Å². The van der Waals surface area contributed by atoms with E-state index in [9.17, 15) is 9.59 Å². The maximum atomic E-state index is 12.1. The van der Waals surface area contributed by atoms with Crippen molar-refractivity contribution in [1.29, 1.82) is 0 Å². The van der Waals surface area contributed by atoms with Crippen molar-refractivity contribution >= 4 is 11.8 Å². The molecule has 6 heteroatoms. The summed E-state index contributed by atoms with van der Waals surface area (Å²) in [5.74, 6) is 1.36. The summed E-state index contributed by atoms with van der Waals surface area (Å²) in [7, 11) is 0. The van der Waals surface area contributed by atoms with E-state index in [2.05, 4.69) is 38.5 Å². The minimum Gasteiger partial charge on any atom is -0.493 e. The third-order valence-corrected chi connectivity index (χ3v) is 4.45. The molecular weight excluding hydrogens is 368 g/mol. The normalized spacial score (nSPS) is 11.6. The Morgan fingerprint density at radius 1 is 0.862 bits per heavy atom. The van der Waals surface area contributed by atoms with Gasteiger partial charge in [0.2, 0.25) is 0 Å². The highest BCUT2D eigenvalue weighted by Crippen LogP contribution is 2.21. The van der Waals surface area contributed by atoms with Crippen molar-refractivity contribution in [2.45, 2.75) is 40.0 Å². The van der Waals surface area contributed by atoms with E-state index in [1.807, 2.05) is 24.3 Å². The molecule has 0 aliphatic heterocycles. The minimum atomic E-state index is -0.443. The van der Waals surface area contributed by atoms with Gasteiger partial charge in [0, 0.05) is 5.56 Å². The number of ether oxygens (including phenoxy) is 2. The van der Waals surface area contributed by atoms with Crippen LogP contribution in [0.5, 0.6) is 11.5 Å². The van der Waals surface area contributed by atoms with Gasteiger partial charge >= 0.3 is 0 Å². The summed E-state index contributed by atoms with van der Waals surface area (Å²) in [5, 5.41) is 0. The molecule has 0 aliphatic rings. The topological polar surface area (TPSA) is 76.7 Å². The van der Waals surface area contributed by atoms with Crippen LogP contribution in [0.2, 0.25) is 0 Å². The van der Waals surface area contributed by atoms with E-state index in [-0.39, 0.29) is 6.61 Å². The fourth-order valence-corrected chi connectivity index (χ4v) is 2.48. The molecule has 0 aliphatic carbocycles. The SMILES string of the molecule is CC[C@@H](C)c1ccc(OCC(=O)NNC(=O)c2ccc(OCC(C)C)cc2)cc1. The molecule has 0 heterocycles. The third kappa shape index (κ3) is 7.49. The zero-order chi connectivity index (χ0) is 21.2.